The van der Waals surface area contributed by atoms with Crippen molar-refractivity contribution in [1.29, 1.82) is 0 Å². The van der Waals surface area contributed by atoms with Crippen LogP contribution < -0.4 is 10.2 Å². The molecule has 0 spiro atoms. The molecule has 1 atom stereocenters. The Hall–Kier alpha value is -1.14. The van der Waals surface area contributed by atoms with Gasteiger partial charge in [-0.15, -0.1) is 11.3 Å². The molecular formula is C14H19BrN4S. The van der Waals surface area contributed by atoms with Crippen molar-refractivity contribution >= 4 is 38.9 Å². The molecule has 0 fully saturated rings. The maximum Gasteiger partial charge on any atom is 0.148 e. The van der Waals surface area contributed by atoms with E-state index >= 15 is 0 Å². The number of thiophene rings is 1. The van der Waals surface area contributed by atoms with Crippen molar-refractivity contribution in [2.45, 2.75) is 26.3 Å². The summed E-state index contributed by atoms with van der Waals surface area (Å²) in [5.41, 5.74) is 0. The lowest BCUT2D eigenvalue weighted by molar-refractivity contribution is 0.678. The number of rotatable bonds is 6. The van der Waals surface area contributed by atoms with Gasteiger partial charge < -0.3 is 10.2 Å². The Morgan fingerprint density at radius 3 is 2.90 bits per heavy atom. The third kappa shape index (κ3) is 3.49. The van der Waals surface area contributed by atoms with Gasteiger partial charge in [0.1, 0.15) is 22.4 Å². The third-order valence-corrected chi connectivity index (χ3v) is 4.82. The van der Waals surface area contributed by atoms with Gasteiger partial charge in [-0.05, 0) is 41.2 Å². The molecule has 0 saturated carbocycles. The minimum absolute atomic E-state index is 0.370. The molecule has 6 heteroatoms. The van der Waals surface area contributed by atoms with Gasteiger partial charge >= 0.3 is 0 Å². The zero-order chi connectivity index (χ0) is 14.5. The van der Waals surface area contributed by atoms with Crippen molar-refractivity contribution in [2.24, 2.45) is 0 Å². The van der Waals surface area contributed by atoms with Crippen LogP contribution in [0.4, 0.5) is 11.6 Å². The fourth-order valence-corrected chi connectivity index (χ4v) is 3.41. The van der Waals surface area contributed by atoms with E-state index in [1.165, 1.54) is 4.88 Å². The first-order chi connectivity index (χ1) is 9.63. The molecule has 0 aliphatic heterocycles. The monoisotopic (exact) mass is 354 g/mol. The predicted octanol–water partition coefficient (Wildman–Crippen LogP) is 3.80. The summed E-state index contributed by atoms with van der Waals surface area (Å²) in [6, 6.07) is 4.64. The van der Waals surface area contributed by atoms with Crippen LogP contribution in [0.2, 0.25) is 0 Å². The number of hydrogen-bond acceptors (Lipinski definition) is 5. The van der Waals surface area contributed by atoms with Gasteiger partial charge in [-0.1, -0.05) is 6.07 Å². The SMILES string of the molecule is CCNc1ncnc(N(C)C(C)Cc2cccs2)c1Br. The molecule has 1 N–H and O–H groups in total. The first kappa shape index (κ1) is 15.3. The Morgan fingerprint density at radius 1 is 1.45 bits per heavy atom. The van der Waals surface area contributed by atoms with E-state index in [1.807, 2.05) is 0 Å². The topological polar surface area (TPSA) is 41.1 Å². The number of hydrogen-bond donors (Lipinski definition) is 1. The minimum atomic E-state index is 0.370. The Balaban J connectivity index is 2.15. The normalized spacial score (nSPS) is 12.2. The maximum atomic E-state index is 4.40. The summed E-state index contributed by atoms with van der Waals surface area (Å²) in [5.74, 6) is 1.76. The van der Waals surface area contributed by atoms with Crippen molar-refractivity contribution < 1.29 is 0 Å². The van der Waals surface area contributed by atoms with Crippen LogP contribution in [0.1, 0.15) is 18.7 Å². The van der Waals surface area contributed by atoms with Crippen LogP contribution in [0.15, 0.2) is 28.3 Å². The molecule has 0 saturated heterocycles. The Kier molecular flexibility index (Phi) is 5.37. The fraction of sp³-hybridized carbons (Fsp3) is 0.429. The Morgan fingerprint density at radius 2 is 2.25 bits per heavy atom. The lowest BCUT2D eigenvalue weighted by atomic mass is 10.2. The van der Waals surface area contributed by atoms with E-state index in [9.17, 15) is 0 Å². The second-order valence-electron chi connectivity index (χ2n) is 4.63. The third-order valence-electron chi connectivity index (χ3n) is 3.19. The second kappa shape index (κ2) is 7.04. The van der Waals surface area contributed by atoms with Crippen molar-refractivity contribution in [3.05, 3.63) is 33.2 Å². The van der Waals surface area contributed by atoms with Crippen molar-refractivity contribution in [1.82, 2.24) is 9.97 Å². The highest BCUT2D eigenvalue weighted by Crippen LogP contribution is 2.30. The molecule has 0 aliphatic carbocycles. The van der Waals surface area contributed by atoms with Gasteiger partial charge in [-0.2, -0.15) is 0 Å². The van der Waals surface area contributed by atoms with E-state index in [4.69, 9.17) is 0 Å². The number of nitrogens with zero attached hydrogens (tertiary/aromatic N) is 3. The maximum absolute atomic E-state index is 4.40. The molecule has 108 valence electrons. The van der Waals surface area contributed by atoms with Gasteiger partial charge in [0.05, 0.1) is 0 Å². The van der Waals surface area contributed by atoms with Gasteiger partial charge in [-0.3, -0.25) is 0 Å². The van der Waals surface area contributed by atoms with E-state index in [-0.39, 0.29) is 0 Å². The first-order valence-corrected chi connectivity index (χ1v) is 8.30. The molecule has 2 aromatic heterocycles. The fourth-order valence-electron chi connectivity index (χ4n) is 1.96. The zero-order valence-electron chi connectivity index (χ0n) is 11.9. The van der Waals surface area contributed by atoms with Crippen LogP contribution in [0, 0.1) is 0 Å². The summed E-state index contributed by atoms with van der Waals surface area (Å²) >= 11 is 5.40. The molecule has 0 radical (unpaired) electrons. The molecule has 20 heavy (non-hydrogen) atoms. The summed E-state index contributed by atoms with van der Waals surface area (Å²) in [6.07, 6.45) is 2.62. The predicted molar refractivity (Wildman–Crippen MR) is 89.8 cm³/mol. The van der Waals surface area contributed by atoms with Crippen LogP contribution in [-0.2, 0) is 6.42 Å². The highest BCUT2D eigenvalue weighted by molar-refractivity contribution is 9.10. The smallest absolute Gasteiger partial charge is 0.148 e. The Labute approximate surface area is 132 Å². The van der Waals surface area contributed by atoms with Crippen LogP contribution in [0.5, 0.6) is 0 Å². The number of likely N-dealkylation sites (N-methyl/N-ethyl adjacent to an activating group) is 1. The molecule has 0 aromatic carbocycles. The molecule has 0 aliphatic rings. The van der Waals surface area contributed by atoms with Crippen LogP contribution in [0.3, 0.4) is 0 Å². The molecule has 2 heterocycles. The molecular weight excluding hydrogens is 336 g/mol. The number of halogens is 1. The molecule has 1 unspecified atom stereocenters. The van der Waals surface area contributed by atoms with Crippen molar-refractivity contribution in [3.63, 3.8) is 0 Å². The first-order valence-electron chi connectivity index (χ1n) is 6.63. The van der Waals surface area contributed by atoms with Crippen LogP contribution in [0.25, 0.3) is 0 Å². The van der Waals surface area contributed by atoms with E-state index in [0.29, 0.717) is 6.04 Å². The molecule has 0 amide bonds. The molecule has 2 aromatic rings. The van der Waals surface area contributed by atoms with Gasteiger partial charge in [0.2, 0.25) is 0 Å². The van der Waals surface area contributed by atoms with Crippen LogP contribution in [-0.4, -0.2) is 29.6 Å². The summed E-state index contributed by atoms with van der Waals surface area (Å²) in [4.78, 5) is 12.2. The highest BCUT2D eigenvalue weighted by atomic mass is 79.9. The van der Waals surface area contributed by atoms with Gasteiger partial charge in [0.25, 0.3) is 0 Å². The molecule has 0 bridgehead atoms. The summed E-state index contributed by atoms with van der Waals surface area (Å²) in [6.45, 7) is 5.10. The molecule has 2 rings (SSSR count). The number of aromatic nitrogens is 2. The van der Waals surface area contributed by atoms with Crippen molar-refractivity contribution in [2.75, 3.05) is 23.8 Å². The zero-order valence-corrected chi connectivity index (χ0v) is 14.3. The second-order valence-corrected chi connectivity index (χ2v) is 6.46. The average Bonchev–Trinajstić information content (AvgIpc) is 2.93. The summed E-state index contributed by atoms with van der Waals surface area (Å²) < 4.78 is 0.919. The summed E-state index contributed by atoms with van der Waals surface area (Å²) in [5, 5.41) is 5.35. The van der Waals surface area contributed by atoms with Crippen LogP contribution >= 0.6 is 27.3 Å². The summed E-state index contributed by atoms with van der Waals surface area (Å²) in [7, 11) is 2.07. The lowest BCUT2D eigenvalue weighted by Gasteiger charge is -2.27. The largest absolute Gasteiger partial charge is 0.369 e. The average molecular weight is 355 g/mol. The molecule has 4 nitrogen and oxygen atoms in total. The lowest BCUT2D eigenvalue weighted by Crippen LogP contribution is -2.31. The number of anilines is 2. The van der Waals surface area contributed by atoms with E-state index in [0.717, 1.165) is 29.1 Å². The van der Waals surface area contributed by atoms with Crippen molar-refractivity contribution in [3.8, 4) is 0 Å². The van der Waals surface area contributed by atoms with Gasteiger partial charge in [0, 0.05) is 30.9 Å². The van der Waals surface area contributed by atoms with Gasteiger partial charge in [-0.25, -0.2) is 9.97 Å². The Bertz CT molecular complexity index is 544. The van der Waals surface area contributed by atoms with E-state index in [1.54, 1.807) is 17.7 Å². The van der Waals surface area contributed by atoms with E-state index in [2.05, 4.69) is 74.5 Å². The van der Waals surface area contributed by atoms with E-state index < -0.39 is 0 Å². The van der Waals surface area contributed by atoms with Gasteiger partial charge in [0.15, 0.2) is 0 Å². The highest BCUT2D eigenvalue weighted by Gasteiger charge is 2.17. The minimum Gasteiger partial charge on any atom is -0.369 e. The standard InChI is InChI=1S/C14H19BrN4S/c1-4-16-13-12(15)14(18-9-17-13)19(3)10(2)8-11-6-5-7-20-11/h5-7,9-10H,4,8H2,1-3H3,(H,16,17,18). The number of nitrogens with one attached hydrogen (secondary N) is 1. The quantitative estimate of drug-likeness (QED) is 0.856.